The number of nitrogens with zero attached hydrogens (tertiary/aromatic N) is 4. The lowest BCUT2D eigenvalue weighted by Gasteiger charge is -2.37. The number of benzene rings is 1. The van der Waals surface area contributed by atoms with E-state index >= 15 is 0 Å². The van der Waals surface area contributed by atoms with Gasteiger partial charge in [-0.05, 0) is 37.3 Å². The van der Waals surface area contributed by atoms with Gasteiger partial charge in [0, 0.05) is 55.7 Å². The molecule has 2 aromatic rings. The summed E-state index contributed by atoms with van der Waals surface area (Å²) in [6.07, 6.45) is 5.44. The van der Waals surface area contributed by atoms with Crippen molar-refractivity contribution < 1.29 is 9.72 Å². The third-order valence-electron chi connectivity index (χ3n) is 6.59. The average Bonchev–Trinajstić information content (AvgIpc) is 3.25. The molecular weight excluding hydrogens is 380 g/mol. The number of non-ortho nitro benzene ring substituents is 1. The van der Waals surface area contributed by atoms with Gasteiger partial charge >= 0.3 is 0 Å². The van der Waals surface area contributed by atoms with Crippen molar-refractivity contribution in [2.24, 2.45) is 17.3 Å². The summed E-state index contributed by atoms with van der Waals surface area (Å²) in [6, 6.07) is 5.19. The molecule has 2 heterocycles. The first-order chi connectivity index (χ1) is 14.2. The number of amides is 1. The number of pyridine rings is 1. The maximum Gasteiger partial charge on any atom is 0.278 e. The summed E-state index contributed by atoms with van der Waals surface area (Å²) in [5, 5.41) is 12.7. The van der Waals surface area contributed by atoms with Gasteiger partial charge in [-0.3, -0.25) is 19.9 Å². The number of anilines is 1. The molecule has 2 unspecified atom stereocenters. The molecule has 0 spiro atoms. The maximum absolute atomic E-state index is 13.1. The van der Waals surface area contributed by atoms with Gasteiger partial charge in [-0.1, -0.05) is 25.5 Å². The Balaban J connectivity index is 1.50. The van der Waals surface area contributed by atoms with Crippen molar-refractivity contribution in [2.45, 2.75) is 27.7 Å². The Kier molecular flexibility index (Phi) is 5.00. The summed E-state index contributed by atoms with van der Waals surface area (Å²) >= 11 is 0. The van der Waals surface area contributed by atoms with Gasteiger partial charge in [0.1, 0.15) is 0 Å². The van der Waals surface area contributed by atoms with Crippen LogP contribution >= 0.6 is 0 Å². The molecule has 1 aromatic heterocycles. The monoisotopic (exact) mass is 408 g/mol. The van der Waals surface area contributed by atoms with Crippen LogP contribution in [0.5, 0.6) is 0 Å². The van der Waals surface area contributed by atoms with E-state index in [0.717, 1.165) is 11.1 Å². The third kappa shape index (κ3) is 3.42. The van der Waals surface area contributed by atoms with E-state index in [1.807, 2.05) is 17.0 Å². The smallest absolute Gasteiger partial charge is 0.278 e. The van der Waals surface area contributed by atoms with Gasteiger partial charge in [0.05, 0.1) is 16.2 Å². The summed E-state index contributed by atoms with van der Waals surface area (Å²) < 4.78 is 0. The van der Waals surface area contributed by atoms with Crippen LogP contribution in [0.1, 0.15) is 27.7 Å². The zero-order valence-corrected chi connectivity index (χ0v) is 18.0. The molecule has 4 rings (SSSR count). The van der Waals surface area contributed by atoms with E-state index < -0.39 is 0 Å². The standard InChI is InChI=1S/C23H28N4O3/c1-15(2)13-18-21(23(18,3)4)22(28)26-11-9-25(10-12-26)19-5-6-20(27(29)30)17-14-24-8-7-16(17)19/h5-8,13-14,18,21H,9-12H2,1-4H3. The highest BCUT2D eigenvalue weighted by Gasteiger charge is 2.61. The second kappa shape index (κ2) is 7.38. The fraction of sp³-hybridized carbons (Fsp3) is 0.478. The van der Waals surface area contributed by atoms with Gasteiger partial charge in [-0.2, -0.15) is 0 Å². The Bertz CT molecular complexity index is 1030. The minimum atomic E-state index is -0.370. The topological polar surface area (TPSA) is 79.6 Å². The molecule has 1 amide bonds. The number of rotatable bonds is 4. The predicted octanol–water partition coefficient (Wildman–Crippen LogP) is 4.03. The minimum Gasteiger partial charge on any atom is -0.367 e. The molecule has 1 aliphatic carbocycles. The highest BCUT2D eigenvalue weighted by Crippen LogP contribution is 2.60. The highest BCUT2D eigenvalue weighted by atomic mass is 16.6. The normalized spacial score (nSPS) is 22.7. The SMILES string of the molecule is CC(C)=CC1C(C(=O)N2CCN(c3ccc([N+](=O)[O-])c4cnccc34)CC2)C1(C)C. The molecule has 0 radical (unpaired) electrons. The first-order valence-corrected chi connectivity index (χ1v) is 10.4. The molecule has 1 aliphatic heterocycles. The van der Waals surface area contributed by atoms with Crippen LogP contribution in [0, 0.1) is 27.4 Å². The number of fused-ring (bicyclic) bond motifs is 1. The van der Waals surface area contributed by atoms with Crippen molar-refractivity contribution in [1.29, 1.82) is 0 Å². The van der Waals surface area contributed by atoms with E-state index in [9.17, 15) is 14.9 Å². The van der Waals surface area contributed by atoms with Crippen LogP contribution in [-0.4, -0.2) is 46.9 Å². The number of allylic oxidation sites excluding steroid dienone is 2. The number of hydrogen-bond acceptors (Lipinski definition) is 5. The van der Waals surface area contributed by atoms with Gasteiger partial charge in [-0.15, -0.1) is 0 Å². The van der Waals surface area contributed by atoms with Gasteiger partial charge in [0.15, 0.2) is 0 Å². The largest absolute Gasteiger partial charge is 0.367 e. The van der Waals surface area contributed by atoms with E-state index in [4.69, 9.17) is 0 Å². The Labute approximate surface area is 176 Å². The van der Waals surface area contributed by atoms with E-state index in [1.54, 1.807) is 18.5 Å². The van der Waals surface area contributed by atoms with E-state index in [-0.39, 0.29) is 27.9 Å². The van der Waals surface area contributed by atoms with Crippen molar-refractivity contribution in [3.8, 4) is 0 Å². The van der Waals surface area contributed by atoms with E-state index in [2.05, 4.69) is 43.7 Å². The molecule has 2 atom stereocenters. The number of nitro groups is 1. The molecule has 7 heteroatoms. The molecule has 30 heavy (non-hydrogen) atoms. The van der Waals surface area contributed by atoms with Crippen LogP contribution in [0.2, 0.25) is 0 Å². The summed E-state index contributed by atoms with van der Waals surface area (Å²) in [5.41, 5.74) is 2.30. The number of nitro benzene ring substituents is 1. The second-order valence-corrected chi connectivity index (χ2v) is 9.16. The molecule has 2 fully saturated rings. The molecule has 0 bridgehead atoms. The quantitative estimate of drug-likeness (QED) is 0.433. The Morgan fingerprint density at radius 1 is 1.17 bits per heavy atom. The van der Waals surface area contributed by atoms with Crippen LogP contribution in [0.15, 0.2) is 42.2 Å². The van der Waals surface area contributed by atoms with Gasteiger partial charge < -0.3 is 9.80 Å². The van der Waals surface area contributed by atoms with Crippen LogP contribution in [0.25, 0.3) is 10.8 Å². The fourth-order valence-corrected chi connectivity index (χ4v) is 4.78. The lowest BCUT2D eigenvalue weighted by molar-refractivity contribution is -0.383. The zero-order valence-electron chi connectivity index (χ0n) is 18.0. The molecule has 7 nitrogen and oxygen atoms in total. The zero-order chi connectivity index (χ0) is 21.6. The average molecular weight is 409 g/mol. The lowest BCUT2D eigenvalue weighted by Crippen LogP contribution is -2.49. The number of carbonyl (C=O) groups excluding carboxylic acids is 1. The number of hydrogen-bond donors (Lipinski definition) is 0. The lowest BCUT2D eigenvalue weighted by atomic mass is 10.1. The molecule has 1 aromatic carbocycles. The summed E-state index contributed by atoms with van der Waals surface area (Å²) in [4.78, 5) is 32.4. The van der Waals surface area contributed by atoms with Crippen molar-refractivity contribution in [3.05, 3.63) is 52.4 Å². The van der Waals surface area contributed by atoms with Crippen molar-refractivity contribution in [3.63, 3.8) is 0 Å². The molecule has 2 aliphatic rings. The molecular formula is C23H28N4O3. The molecule has 158 valence electrons. The minimum absolute atomic E-state index is 0.0209. The number of piperazine rings is 1. The van der Waals surface area contributed by atoms with E-state index in [0.29, 0.717) is 37.5 Å². The summed E-state index contributed by atoms with van der Waals surface area (Å²) in [5.74, 6) is 0.629. The van der Waals surface area contributed by atoms with Crippen LogP contribution in [0.3, 0.4) is 0 Å². The fourth-order valence-electron chi connectivity index (χ4n) is 4.78. The number of aromatic nitrogens is 1. The van der Waals surface area contributed by atoms with Crippen LogP contribution in [0.4, 0.5) is 11.4 Å². The van der Waals surface area contributed by atoms with Gasteiger partial charge in [0.25, 0.3) is 5.69 Å². The maximum atomic E-state index is 13.1. The van der Waals surface area contributed by atoms with E-state index in [1.165, 1.54) is 5.57 Å². The molecule has 1 saturated heterocycles. The number of carbonyl (C=O) groups is 1. The molecule has 1 saturated carbocycles. The predicted molar refractivity (Wildman–Crippen MR) is 117 cm³/mol. The third-order valence-corrected chi connectivity index (χ3v) is 6.59. The Morgan fingerprint density at radius 2 is 1.87 bits per heavy atom. The Morgan fingerprint density at radius 3 is 2.50 bits per heavy atom. The van der Waals surface area contributed by atoms with Gasteiger partial charge in [-0.25, -0.2) is 0 Å². The first kappa shape index (κ1) is 20.3. The van der Waals surface area contributed by atoms with Crippen molar-refractivity contribution in [2.75, 3.05) is 31.1 Å². The van der Waals surface area contributed by atoms with Crippen LogP contribution in [-0.2, 0) is 4.79 Å². The van der Waals surface area contributed by atoms with Crippen LogP contribution < -0.4 is 4.90 Å². The first-order valence-electron chi connectivity index (χ1n) is 10.4. The van der Waals surface area contributed by atoms with Gasteiger partial charge in [0.2, 0.25) is 5.91 Å². The summed E-state index contributed by atoms with van der Waals surface area (Å²) in [7, 11) is 0. The van der Waals surface area contributed by atoms with Crippen molar-refractivity contribution in [1.82, 2.24) is 9.88 Å². The van der Waals surface area contributed by atoms with Crippen molar-refractivity contribution >= 4 is 28.1 Å². The Hall–Kier alpha value is -2.96. The molecule has 0 N–H and O–H groups in total. The second-order valence-electron chi connectivity index (χ2n) is 9.16. The summed E-state index contributed by atoms with van der Waals surface area (Å²) in [6.45, 7) is 11.3. The highest BCUT2D eigenvalue weighted by molar-refractivity contribution is 5.99.